The Balaban J connectivity index is 1.31. The van der Waals surface area contributed by atoms with Crippen molar-refractivity contribution >= 4 is 32.8 Å². The molecule has 41 heavy (non-hydrogen) atoms. The summed E-state index contributed by atoms with van der Waals surface area (Å²) in [6.07, 6.45) is 1.80. The van der Waals surface area contributed by atoms with E-state index >= 15 is 0 Å². The second-order valence-corrected chi connectivity index (χ2v) is 10.2. The van der Waals surface area contributed by atoms with Crippen LogP contribution in [0, 0.1) is 0 Å². The molecule has 4 aromatic carbocycles. The van der Waals surface area contributed by atoms with Crippen molar-refractivity contribution in [2.45, 2.75) is 0 Å². The molecule has 0 aliphatic carbocycles. The van der Waals surface area contributed by atoms with E-state index in [1.54, 1.807) is 6.20 Å². The van der Waals surface area contributed by atoms with Crippen molar-refractivity contribution in [3.63, 3.8) is 0 Å². The van der Waals surface area contributed by atoms with Gasteiger partial charge in [-0.05, 0) is 60.7 Å². The summed E-state index contributed by atoms with van der Waals surface area (Å²) in [5.41, 5.74) is 10.3. The van der Waals surface area contributed by atoms with Gasteiger partial charge in [0, 0.05) is 40.8 Å². The first kappa shape index (κ1) is 23.3. The third-order valence-corrected chi connectivity index (χ3v) is 7.80. The number of hydrogen-bond acceptors (Lipinski definition) is 3. The molecule has 0 bridgehead atoms. The van der Waals surface area contributed by atoms with Gasteiger partial charge in [-0.25, -0.2) is 9.97 Å². The van der Waals surface area contributed by atoms with E-state index in [0.29, 0.717) is 0 Å². The molecule has 0 aliphatic heterocycles. The van der Waals surface area contributed by atoms with Crippen molar-refractivity contribution in [1.29, 1.82) is 0 Å². The zero-order chi connectivity index (χ0) is 27.3. The van der Waals surface area contributed by atoms with Gasteiger partial charge in [-0.15, -0.1) is 0 Å². The van der Waals surface area contributed by atoms with E-state index < -0.39 is 0 Å². The molecule has 8 aromatic rings. The molecule has 0 saturated heterocycles. The lowest BCUT2D eigenvalue weighted by atomic mass is 10.1. The van der Waals surface area contributed by atoms with E-state index in [2.05, 4.69) is 112 Å². The second-order valence-electron chi connectivity index (χ2n) is 10.2. The number of benzene rings is 4. The minimum atomic E-state index is 0.859. The molecule has 0 unspecified atom stereocenters. The van der Waals surface area contributed by atoms with Crippen LogP contribution in [0.3, 0.4) is 0 Å². The predicted octanol–water partition coefficient (Wildman–Crippen LogP) is 8.46. The molecule has 0 spiro atoms. The van der Waals surface area contributed by atoms with Crippen LogP contribution in [-0.4, -0.2) is 24.1 Å². The quantitative estimate of drug-likeness (QED) is 0.231. The zero-order valence-corrected chi connectivity index (χ0v) is 22.4. The lowest BCUT2D eigenvalue weighted by Crippen LogP contribution is -1.96. The van der Waals surface area contributed by atoms with Gasteiger partial charge in [0.2, 0.25) is 0 Å². The number of fused-ring (bicyclic) bond motifs is 4. The van der Waals surface area contributed by atoms with Gasteiger partial charge in [-0.3, -0.25) is 4.98 Å². The van der Waals surface area contributed by atoms with Crippen molar-refractivity contribution in [3.8, 4) is 39.7 Å². The van der Waals surface area contributed by atoms with Crippen LogP contribution < -0.4 is 0 Å². The fourth-order valence-electron chi connectivity index (χ4n) is 5.85. The topological polar surface area (TPSA) is 48.5 Å². The number of aryl methyl sites for hydroxylation is 1. The van der Waals surface area contributed by atoms with Gasteiger partial charge in [0.25, 0.3) is 0 Å². The van der Waals surface area contributed by atoms with Crippen LogP contribution >= 0.6 is 0 Å². The number of nitrogens with zero attached hydrogens (tertiary/aromatic N) is 5. The summed E-state index contributed by atoms with van der Waals surface area (Å²) in [7, 11) is 2.08. The van der Waals surface area contributed by atoms with Crippen molar-refractivity contribution in [3.05, 3.63) is 134 Å². The molecule has 0 aliphatic rings. The van der Waals surface area contributed by atoms with Gasteiger partial charge in [0.1, 0.15) is 5.82 Å². The fraction of sp³-hybridized carbons (Fsp3) is 0.0278. The molecule has 0 atom stereocenters. The van der Waals surface area contributed by atoms with Crippen molar-refractivity contribution in [2.75, 3.05) is 0 Å². The molecule has 0 amide bonds. The summed E-state index contributed by atoms with van der Waals surface area (Å²) < 4.78 is 4.52. The molecular weight excluding hydrogens is 502 g/mol. The molecule has 0 saturated carbocycles. The van der Waals surface area contributed by atoms with E-state index in [-0.39, 0.29) is 0 Å². The van der Waals surface area contributed by atoms with Crippen LogP contribution in [0.5, 0.6) is 0 Å². The summed E-state index contributed by atoms with van der Waals surface area (Å²) in [6.45, 7) is 0. The fourth-order valence-corrected chi connectivity index (χ4v) is 5.85. The summed E-state index contributed by atoms with van der Waals surface area (Å²) in [5, 5.41) is 2.43. The van der Waals surface area contributed by atoms with E-state index in [1.807, 2.05) is 36.4 Å². The first-order chi connectivity index (χ1) is 20.2. The van der Waals surface area contributed by atoms with Gasteiger partial charge in [-0.2, -0.15) is 0 Å². The van der Waals surface area contributed by atoms with E-state index in [0.717, 1.165) is 61.8 Å². The maximum absolute atomic E-state index is 4.97. The largest absolute Gasteiger partial charge is 0.327 e. The van der Waals surface area contributed by atoms with Gasteiger partial charge in [0.15, 0.2) is 0 Å². The summed E-state index contributed by atoms with van der Waals surface area (Å²) in [4.78, 5) is 14.4. The second kappa shape index (κ2) is 9.28. The Morgan fingerprint density at radius 1 is 0.512 bits per heavy atom. The van der Waals surface area contributed by atoms with Gasteiger partial charge < -0.3 is 9.13 Å². The standard InChI is InChI=1S/C36H25N5/c1-40-34-18-5-3-14-32(34)39-36(40)25-19-20-28-27-12-2-4-17-33(27)41(35(28)23-25)26-11-8-10-24(22-26)29-15-9-16-31(38-29)30-13-6-7-21-37-30/h2-23H,1H3. The van der Waals surface area contributed by atoms with Crippen molar-refractivity contribution in [1.82, 2.24) is 24.1 Å². The Morgan fingerprint density at radius 3 is 2.15 bits per heavy atom. The Hall–Kier alpha value is -5.55. The Labute approximate surface area is 237 Å². The average molecular weight is 528 g/mol. The van der Waals surface area contributed by atoms with Crippen LogP contribution in [0.25, 0.3) is 72.6 Å². The molecule has 0 fully saturated rings. The number of pyridine rings is 2. The zero-order valence-electron chi connectivity index (χ0n) is 22.4. The molecular formula is C36H25N5. The van der Waals surface area contributed by atoms with Gasteiger partial charge in [-0.1, -0.05) is 66.7 Å². The highest BCUT2D eigenvalue weighted by molar-refractivity contribution is 6.10. The molecule has 8 rings (SSSR count). The molecule has 0 N–H and O–H groups in total. The van der Waals surface area contributed by atoms with Crippen LogP contribution in [0.15, 0.2) is 134 Å². The first-order valence-corrected chi connectivity index (χ1v) is 13.7. The number of aromatic nitrogens is 5. The van der Waals surface area contributed by atoms with Gasteiger partial charge in [0.05, 0.1) is 39.1 Å². The molecule has 0 radical (unpaired) electrons. The van der Waals surface area contributed by atoms with E-state index in [9.17, 15) is 0 Å². The highest BCUT2D eigenvalue weighted by atomic mass is 15.1. The van der Waals surface area contributed by atoms with Crippen molar-refractivity contribution < 1.29 is 0 Å². The molecule has 4 aromatic heterocycles. The molecule has 5 nitrogen and oxygen atoms in total. The number of rotatable bonds is 4. The molecule has 4 heterocycles. The summed E-state index contributed by atoms with van der Waals surface area (Å²) in [6, 6.07) is 44.2. The van der Waals surface area contributed by atoms with Crippen LogP contribution in [0.1, 0.15) is 0 Å². The number of hydrogen-bond donors (Lipinski definition) is 0. The maximum Gasteiger partial charge on any atom is 0.140 e. The highest BCUT2D eigenvalue weighted by Crippen LogP contribution is 2.36. The lowest BCUT2D eigenvalue weighted by Gasteiger charge is -2.11. The highest BCUT2D eigenvalue weighted by Gasteiger charge is 2.16. The average Bonchev–Trinajstić information content (AvgIpc) is 3.56. The van der Waals surface area contributed by atoms with Gasteiger partial charge >= 0.3 is 0 Å². The Morgan fingerprint density at radius 2 is 1.27 bits per heavy atom. The Bertz CT molecular complexity index is 2220. The third kappa shape index (κ3) is 3.82. The van der Waals surface area contributed by atoms with Crippen LogP contribution in [-0.2, 0) is 7.05 Å². The van der Waals surface area contributed by atoms with Crippen LogP contribution in [0.4, 0.5) is 0 Å². The minimum Gasteiger partial charge on any atom is -0.327 e. The lowest BCUT2D eigenvalue weighted by molar-refractivity contribution is 0.959. The molecule has 194 valence electrons. The molecule has 5 heteroatoms. The Kier molecular flexibility index (Phi) is 5.28. The summed E-state index contributed by atoms with van der Waals surface area (Å²) >= 11 is 0. The predicted molar refractivity (Wildman–Crippen MR) is 167 cm³/mol. The normalized spacial score (nSPS) is 11.5. The monoisotopic (exact) mass is 527 g/mol. The SMILES string of the molecule is Cn1c(-c2ccc3c4ccccc4n(-c4cccc(-c5cccc(-c6ccccn6)n5)c4)c3c2)nc2ccccc21. The smallest absolute Gasteiger partial charge is 0.140 e. The minimum absolute atomic E-state index is 0.859. The van der Waals surface area contributed by atoms with Crippen LogP contribution in [0.2, 0.25) is 0 Å². The number of para-hydroxylation sites is 3. The van der Waals surface area contributed by atoms with E-state index in [1.165, 1.54) is 10.8 Å². The van der Waals surface area contributed by atoms with Crippen molar-refractivity contribution in [2.24, 2.45) is 7.05 Å². The first-order valence-electron chi connectivity index (χ1n) is 13.7. The maximum atomic E-state index is 4.97. The summed E-state index contributed by atoms with van der Waals surface area (Å²) in [5.74, 6) is 0.953. The number of imidazole rings is 1. The van der Waals surface area contributed by atoms with E-state index in [4.69, 9.17) is 9.97 Å². The third-order valence-electron chi connectivity index (χ3n) is 7.80.